The summed E-state index contributed by atoms with van der Waals surface area (Å²) in [4.78, 5) is 12.1. The van der Waals surface area contributed by atoms with Crippen molar-refractivity contribution in [3.05, 3.63) is 59.2 Å². The van der Waals surface area contributed by atoms with Gasteiger partial charge < -0.3 is 14.8 Å². The smallest absolute Gasteiger partial charge is 0.251 e. The summed E-state index contributed by atoms with van der Waals surface area (Å²) in [6.45, 7) is 4.76. The second-order valence-corrected chi connectivity index (χ2v) is 5.10. The Morgan fingerprint density at radius 2 is 1.86 bits per heavy atom. The number of rotatable bonds is 6. The van der Waals surface area contributed by atoms with Crippen LogP contribution in [-0.4, -0.2) is 26.2 Å². The van der Waals surface area contributed by atoms with Crippen LogP contribution in [-0.2, 0) is 0 Å². The predicted octanol–water partition coefficient (Wildman–Crippen LogP) is 3.12. The van der Waals surface area contributed by atoms with Gasteiger partial charge in [-0.3, -0.25) is 4.79 Å². The van der Waals surface area contributed by atoms with E-state index in [-0.39, 0.29) is 5.91 Å². The molecule has 0 aliphatic heterocycles. The fourth-order valence-electron chi connectivity index (χ4n) is 2.10. The molecule has 0 saturated carbocycles. The minimum Gasteiger partial charge on any atom is -0.497 e. The summed E-state index contributed by atoms with van der Waals surface area (Å²) in [6, 6.07) is 13.2. The molecule has 0 fully saturated rings. The molecule has 116 valence electrons. The Bertz CT molecular complexity index is 653. The highest BCUT2D eigenvalue weighted by Gasteiger charge is 2.08. The Morgan fingerprint density at radius 1 is 1.09 bits per heavy atom. The number of amides is 1. The van der Waals surface area contributed by atoms with E-state index >= 15 is 0 Å². The first-order chi connectivity index (χ1) is 10.6. The van der Waals surface area contributed by atoms with Crippen molar-refractivity contribution >= 4 is 5.91 Å². The van der Waals surface area contributed by atoms with Crippen molar-refractivity contribution in [2.24, 2.45) is 0 Å². The number of hydrogen-bond donors (Lipinski definition) is 1. The number of hydrogen-bond acceptors (Lipinski definition) is 3. The molecule has 0 heterocycles. The van der Waals surface area contributed by atoms with Crippen LogP contribution in [0.1, 0.15) is 21.5 Å². The molecule has 0 unspecified atom stereocenters. The van der Waals surface area contributed by atoms with Gasteiger partial charge in [0.1, 0.15) is 18.1 Å². The van der Waals surface area contributed by atoms with Crippen LogP contribution < -0.4 is 14.8 Å². The summed E-state index contributed by atoms with van der Waals surface area (Å²) in [5, 5.41) is 2.87. The van der Waals surface area contributed by atoms with Gasteiger partial charge in [-0.2, -0.15) is 0 Å². The molecule has 0 spiro atoms. The first kappa shape index (κ1) is 15.9. The van der Waals surface area contributed by atoms with Crippen molar-refractivity contribution in [3.63, 3.8) is 0 Å². The minimum absolute atomic E-state index is 0.0737. The van der Waals surface area contributed by atoms with E-state index in [1.165, 1.54) is 0 Å². The van der Waals surface area contributed by atoms with Crippen LogP contribution >= 0.6 is 0 Å². The molecule has 1 amide bonds. The quantitative estimate of drug-likeness (QED) is 0.834. The lowest BCUT2D eigenvalue weighted by Gasteiger charge is -2.10. The zero-order chi connectivity index (χ0) is 15.9. The fraction of sp³-hybridized carbons (Fsp3) is 0.278. The molecule has 4 nitrogen and oxygen atoms in total. The Kier molecular flexibility index (Phi) is 5.42. The summed E-state index contributed by atoms with van der Waals surface area (Å²) in [7, 11) is 1.61. The van der Waals surface area contributed by atoms with Gasteiger partial charge in [0.15, 0.2) is 0 Å². The summed E-state index contributed by atoms with van der Waals surface area (Å²) in [5.41, 5.74) is 2.75. The van der Waals surface area contributed by atoms with E-state index in [0.717, 1.165) is 22.6 Å². The van der Waals surface area contributed by atoms with E-state index in [9.17, 15) is 4.79 Å². The largest absolute Gasteiger partial charge is 0.497 e. The van der Waals surface area contributed by atoms with Gasteiger partial charge in [0.25, 0.3) is 5.91 Å². The van der Waals surface area contributed by atoms with E-state index in [2.05, 4.69) is 5.32 Å². The van der Waals surface area contributed by atoms with Crippen LogP contribution in [0, 0.1) is 13.8 Å². The molecular weight excluding hydrogens is 278 g/mol. The van der Waals surface area contributed by atoms with E-state index < -0.39 is 0 Å². The summed E-state index contributed by atoms with van der Waals surface area (Å²) >= 11 is 0. The SMILES string of the molecule is COc1cccc(OCCNC(=O)c2cc(C)ccc2C)c1. The van der Waals surface area contributed by atoms with E-state index in [0.29, 0.717) is 18.7 Å². The van der Waals surface area contributed by atoms with Crippen molar-refractivity contribution in [3.8, 4) is 11.5 Å². The number of nitrogens with one attached hydrogen (secondary N) is 1. The number of benzene rings is 2. The molecule has 0 saturated heterocycles. The van der Waals surface area contributed by atoms with Crippen LogP contribution in [0.3, 0.4) is 0 Å². The average Bonchev–Trinajstić information content (AvgIpc) is 2.54. The third kappa shape index (κ3) is 4.25. The van der Waals surface area contributed by atoms with E-state index in [4.69, 9.17) is 9.47 Å². The molecule has 1 N–H and O–H groups in total. The van der Waals surface area contributed by atoms with Crippen LogP contribution in [0.2, 0.25) is 0 Å². The Balaban J connectivity index is 1.83. The van der Waals surface area contributed by atoms with Crippen molar-refractivity contribution in [2.75, 3.05) is 20.3 Å². The highest BCUT2D eigenvalue weighted by Crippen LogP contribution is 2.18. The van der Waals surface area contributed by atoms with Crippen molar-refractivity contribution in [1.29, 1.82) is 0 Å². The van der Waals surface area contributed by atoms with Crippen molar-refractivity contribution in [2.45, 2.75) is 13.8 Å². The molecule has 0 radical (unpaired) electrons. The number of aryl methyl sites for hydroxylation is 2. The maximum atomic E-state index is 12.1. The van der Waals surface area contributed by atoms with E-state index in [1.807, 2.05) is 56.3 Å². The number of methoxy groups -OCH3 is 1. The lowest BCUT2D eigenvalue weighted by atomic mass is 10.1. The van der Waals surface area contributed by atoms with Gasteiger partial charge in [-0.05, 0) is 37.6 Å². The van der Waals surface area contributed by atoms with Crippen LogP contribution in [0.5, 0.6) is 11.5 Å². The topological polar surface area (TPSA) is 47.6 Å². The summed E-state index contributed by atoms with van der Waals surface area (Å²) in [5.74, 6) is 1.40. The molecule has 0 aliphatic rings. The zero-order valence-electron chi connectivity index (χ0n) is 13.2. The van der Waals surface area contributed by atoms with Gasteiger partial charge in [0, 0.05) is 11.6 Å². The van der Waals surface area contributed by atoms with Crippen LogP contribution in [0.15, 0.2) is 42.5 Å². The average molecular weight is 299 g/mol. The maximum Gasteiger partial charge on any atom is 0.251 e. The Hall–Kier alpha value is -2.49. The van der Waals surface area contributed by atoms with Gasteiger partial charge in [-0.1, -0.05) is 23.8 Å². The highest BCUT2D eigenvalue weighted by atomic mass is 16.5. The van der Waals surface area contributed by atoms with Crippen LogP contribution in [0.4, 0.5) is 0 Å². The number of carbonyl (C=O) groups is 1. The maximum absolute atomic E-state index is 12.1. The van der Waals surface area contributed by atoms with Gasteiger partial charge in [-0.25, -0.2) is 0 Å². The lowest BCUT2D eigenvalue weighted by molar-refractivity contribution is 0.0946. The summed E-state index contributed by atoms with van der Waals surface area (Å²) < 4.78 is 10.7. The molecule has 22 heavy (non-hydrogen) atoms. The molecular formula is C18H21NO3. The monoisotopic (exact) mass is 299 g/mol. The third-order valence-electron chi connectivity index (χ3n) is 3.34. The zero-order valence-corrected chi connectivity index (χ0v) is 13.2. The molecule has 2 rings (SSSR count). The molecule has 0 atom stereocenters. The first-order valence-corrected chi connectivity index (χ1v) is 7.22. The molecule has 0 aliphatic carbocycles. The number of carbonyl (C=O) groups excluding carboxylic acids is 1. The highest BCUT2D eigenvalue weighted by molar-refractivity contribution is 5.95. The van der Waals surface area contributed by atoms with Gasteiger partial charge in [0.2, 0.25) is 0 Å². The van der Waals surface area contributed by atoms with Crippen molar-refractivity contribution < 1.29 is 14.3 Å². The standard InChI is InChI=1S/C18H21NO3/c1-13-7-8-14(2)17(11-13)18(20)19-9-10-22-16-6-4-5-15(12-16)21-3/h4-8,11-12H,9-10H2,1-3H3,(H,19,20). The van der Waals surface area contributed by atoms with E-state index in [1.54, 1.807) is 7.11 Å². The van der Waals surface area contributed by atoms with Gasteiger partial charge in [0.05, 0.1) is 13.7 Å². The minimum atomic E-state index is -0.0737. The third-order valence-corrected chi connectivity index (χ3v) is 3.34. The Labute approximate surface area is 131 Å². The molecule has 0 aromatic heterocycles. The second-order valence-electron chi connectivity index (χ2n) is 5.10. The first-order valence-electron chi connectivity index (χ1n) is 7.22. The second kappa shape index (κ2) is 7.50. The molecule has 2 aromatic rings. The molecule has 2 aromatic carbocycles. The normalized spacial score (nSPS) is 10.1. The molecule has 4 heteroatoms. The van der Waals surface area contributed by atoms with Gasteiger partial charge >= 0.3 is 0 Å². The predicted molar refractivity (Wildman–Crippen MR) is 86.7 cm³/mol. The van der Waals surface area contributed by atoms with Crippen LogP contribution in [0.25, 0.3) is 0 Å². The fourth-order valence-corrected chi connectivity index (χ4v) is 2.10. The van der Waals surface area contributed by atoms with Crippen molar-refractivity contribution in [1.82, 2.24) is 5.32 Å². The summed E-state index contributed by atoms with van der Waals surface area (Å²) in [6.07, 6.45) is 0. The Morgan fingerprint density at radius 3 is 2.64 bits per heavy atom. The number of ether oxygens (including phenoxy) is 2. The lowest BCUT2D eigenvalue weighted by Crippen LogP contribution is -2.28. The molecule has 0 bridgehead atoms. The van der Waals surface area contributed by atoms with Gasteiger partial charge in [-0.15, -0.1) is 0 Å².